The third-order valence-electron chi connectivity index (χ3n) is 6.47. The Morgan fingerprint density at radius 1 is 0.900 bits per heavy atom. The van der Waals surface area contributed by atoms with Gasteiger partial charge in [0.25, 0.3) is 0 Å². The van der Waals surface area contributed by atoms with E-state index in [0.29, 0.717) is 6.42 Å². The Morgan fingerprint density at radius 2 is 1.40 bits per heavy atom. The van der Waals surface area contributed by atoms with E-state index in [2.05, 4.69) is 51.6 Å². The number of carbonyl (C=O) groups excluding carboxylic acids is 1. The highest BCUT2D eigenvalue weighted by molar-refractivity contribution is 5.83. The second-order valence-corrected chi connectivity index (χ2v) is 8.68. The number of hydrogen-bond donors (Lipinski definition) is 1. The van der Waals surface area contributed by atoms with E-state index in [1.165, 1.54) is 5.56 Å². The first-order chi connectivity index (χ1) is 14.5. The van der Waals surface area contributed by atoms with E-state index in [4.69, 9.17) is 10.5 Å². The first-order valence-corrected chi connectivity index (χ1v) is 12.1. The first-order valence-electron chi connectivity index (χ1n) is 12.1. The minimum atomic E-state index is -1.03. The molecule has 2 N–H and O–H groups in total. The van der Waals surface area contributed by atoms with Crippen molar-refractivity contribution in [2.75, 3.05) is 6.61 Å². The zero-order chi connectivity index (χ0) is 22.3. The molecule has 1 aromatic rings. The molecule has 0 amide bonds. The molecule has 1 aromatic carbocycles. The first kappa shape index (κ1) is 26.4. The molecule has 0 aromatic heterocycles. The van der Waals surface area contributed by atoms with Gasteiger partial charge in [0.15, 0.2) is 0 Å². The van der Waals surface area contributed by atoms with Gasteiger partial charge in [0, 0.05) is 5.41 Å². The van der Waals surface area contributed by atoms with Gasteiger partial charge < -0.3 is 10.5 Å². The number of ether oxygens (including phenoxy) is 1. The molecule has 0 spiro atoms. The van der Waals surface area contributed by atoms with E-state index in [-0.39, 0.29) is 12.6 Å². The van der Waals surface area contributed by atoms with Gasteiger partial charge in [0.05, 0.1) is 0 Å². The van der Waals surface area contributed by atoms with E-state index >= 15 is 0 Å². The molecule has 0 aliphatic carbocycles. The van der Waals surface area contributed by atoms with Crippen LogP contribution in [0.4, 0.5) is 0 Å². The van der Waals surface area contributed by atoms with Gasteiger partial charge in [-0.1, -0.05) is 122 Å². The summed E-state index contributed by atoms with van der Waals surface area (Å²) >= 11 is 0. The quantitative estimate of drug-likeness (QED) is 0.168. The Bertz CT molecular complexity index is 588. The van der Waals surface area contributed by atoms with Crippen LogP contribution in [0.1, 0.15) is 103 Å². The minimum Gasteiger partial charge on any atom is -0.460 e. The van der Waals surface area contributed by atoms with Crippen molar-refractivity contribution in [2.45, 2.75) is 109 Å². The van der Waals surface area contributed by atoms with Gasteiger partial charge in [-0.05, 0) is 24.8 Å². The van der Waals surface area contributed by atoms with E-state index < -0.39 is 11.0 Å². The average molecular weight is 416 g/mol. The van der Waals surface area contributed by atoms with Gasteiger partial charge in [0.2, 0.25) is 0 Å². The normalized spacial score (nSPS) is 13.6. The Labute approximate surface area is 185 Å². The average Bonchev–Trinajstić information content (AvgIpc) is 2.77. The largest absolute Gasteiger partial charge is 0.460 e. The molecule has 0 fully saturated rings. The summed E-state index contributed by atoms with van der Waals surface area (Å²) in [6, 6.07) is 10.5. The fourth-order valence-corrected chi connectivity index (χ4v) is 4.68. The second kappa shape index (κ2) is 14.4. The molecule has 0 saturated heterocycles. The highest BCUT2D eigenvalue weighted by atomic mass is 16.5. The van der Waals surface area contributed by atoms with Gasteiger partial charge in [-0.25, -0.2) is 0 Å². The maximum atomic E-state index is 13.5. The monoisotopic (exact) mass is 415 g/mol. The summed E-state index contributed by atoms with van der Waals surface area (Å²) in [5.41, 5.74) is 6.93. The summed E-state index contributed by atoms with van der Waals surface area (Å²) in [6.45, 7) is 10.5. The molecule has 3 heteroatoms. The molecule has 0 saturated carbocycles. The number of carbonyl (C=O) groups is 1. The van der Waals surface area contributed by atoms with Gasteiger partial charge >= 0.3 is 5.97 Å². The van der Waals surface area contributed by atoms with Crippen LogP contribution in [-0.4, -0.2) is 18.1 Å². The number of benzene rings is 1. The fourth-order valence-electron chi connectivity index (χ4n) is 4.68. The molecule has 0 aliphatic rings. The maximum Gasteiger partial charge on any atom is 0.327 e. The fraction of sp³-hybridized carbons (Fsp3) is 0.667. The van der Waals surface area contributed by atoms with Crippen molar-refractivity contribution in [3.05, 3.63) is 48.6 Å². The summed E-state index contributed by atoms with van der Waals surface area (Å²) in [5.74, 6) is -0.268. The highest BCUT2D eigenvalue weighted by Crippen LogP contribution is 2.46. The Hall–Kier alpha value is -1.61. The predicted octanol–water partition coefficient (Wildman–Crippen LogP) is 7.09. The van der Waals surface area contributed by atoms with Crippen molar-refractivity contribution in [3.63, 3.8) is 0 Å². The smallest absolute Gasteiger partial charge is 0.327 e. The van der Waals surface area contributed by atoms with E-state index in [0.717, 1.165) is 70.6 Å². The molecular weight excluding hydrogens is 370 g/mol. The van der Waals surface area contributed by atoms with E-state index in [1.807, 2.05) is 6.07 Å². The number of esters is 1. The molecule has 0 heterocycles. The standard InChI is InChI=1S/C27H45NO2/c1-5-9-15-20-26(21-16-10-6-2,24-18-13-12-14-19-24)27(28,22-17-11-7-3)25(29)30-23-8-4/h8,12-14,18-19H,4-7,9-11,15-17,20-23,28H2,1-3H3/t27-/m1/s1. The van der Waals surface area contributed by atoms with Gasteiger partial charge in [-0.15, -0.1) is 0 Å². The Morgan fingerprint density at radius 3 is 1.87 bits per heavy atom. The van der Waals surface area contributed by atoms with Crippen molar-refractivity contribution in [3.8, 4) is 0 Å². The zero-order valence-corrected chi connectivity index (χ0v) is 19.8. The van der Waals surface area contributed by atoms with Crippen LogP contribution in [0.15, 0.2) is 43.0 Å². The molecule has 0 radical (unpaired) electrons. The van der Waals surface area contributed by atoms with Crippen LogP contribution in [0.2, 0.25) is 0 Å². The Balaban J connectivity index is 3.51. The van der Waals surface area contributed by atoms with Crippen LogP contribution >= 0.6 is 0 Å². The molecule has 3 nitrogen and oxygen atoms in total. The molecule has 0 unspecified atom stereocenters. The van der Waals surface area contributed by atoms with Crippen LogP contribution in [0.5, 0.6) is 0 Å². The third-order valence-corrected chi connectivity index (χ3v) is 6.47. The SMILES string of the molecule is C=CCOC(=O)[C@](N)(CCCCC)C(CCCCC)(CCCCC)c1ccccc1. The van der Waals surface area contributed by atoms with Crippen LogP contribution < -0.4 is 5.73 Å². The molecule has 1 rings (SSSR count). The second-order valence-electron chi connectivity index (χ2n) is 8.68. The summed E-state index contributed by atoms with van der Waals surface area (Å²) in [4.78, 5) is 13.5. The van der Waals surface area contributed by atoms with Crippen molar-refractivity contribution < 1.29 is 9.53 Å². The maximum absolute atomic E-state index is 13.5. The Kier molecular flexibility index (Phi) is 12.7. The number of unbranched alkanes of at least 4 members (excludes halogenated alkanes) is 6. The summed E-state index contributed by atoms with van der Waals surface area (Å²) in [5, 5.41) is 0. The number of rotatable bonds is 17. The summed E-state index contributed by atoms with van der Waals surface area (Å²) < 4.78 is 5.65. The van der Waals surface area contributed by atoms with Gasteiger partial charge in [-0.3, -0.25) is 4.79 Å². The van der Waals surface area contributed by atoms with Crippen LogP contribution in [-0.2, 0) is 14.9 Å². The van der Waals surface area contributed by atoms with Crippen LogP contribution in [0.3, 0.4) is 0 Å². The lowest BCUT2D eigenvalue weighted by molar-refractivity contribution is -0.153. The van der Waals surface area contributed by atoms with Gasteiger partial charge in [0.1, 0.15) is 12.1 Å². The molecule has 1 atom stereocenters. The lowest BCUT2D eigenvalue weighted by Gasteiger charge is -2.48. The molecular formula is C27H45NO2. The van der Waals surface area contributed by atoms with Crippen molar-refractivity contribution in [1.29, 1.82) is 0 Å². The number of nitrogens with two attached hydrogens (primary N) is 1. The summed E-state index contributed by atoms with van der Waals surface area (Å²) in [6.07, 6.45) is 14.0. The zero-order valence-electron chi connectivity index (χ0n) is 19.8. The lowest BCUT2D eigenvalue weighted by Crippen LogP contribution is -2.64. The molecule has 30 heavy (non-hydrogen) atoms. The minimum absolute atomic E-state index is 0.209. The number of hydrogen-bond acceptors (Lipinski definition) is 3. The highest BCUT2D eigenvalue weighted by Gasteiger charge is 2.54. The third kappa shape index (κ3) is 6.97. The molecule has 0 bridgehead atoms. The van der Waals surface area contributed by atoms with Crippen molar-refractivity contribution >= 4 is 5.97 Å². The van der Waals surface area contributed by atoms with Crippen molar-refractivity contribution in [2.24, 2.45) is 5.73 Å². The summed E-state index contributed by atoms with van der Waals surface area (Å²) in [7, 11) is 0. The van der Waals surface area contributed by atoms with Gasteiger partial charge in [-0.2, -0.15) is 0 Å². The molecule has 170 valence electrons. The van der Waals surface area contributed by atoms with E-state index in [1.54, 1.807) is 6.08 Å². The lowest BCUT2D eigenvalue weighted by atomic mass is 9.58. The molecule has 0 aliphatic heterocycles. The van der Waals surface area contributed by atoms with Crippen LogP contribution in [0.25, 0.3) is 0 Å². The van der Waals surface area contributed by atoms with E-state index in [9.17, 15) is 4.79 Å². The predicted molar refractivity (Wildman–Crippen MR) is 129 cm³/mol. The topological polar surface area (TPSA) is 52.3 Å². The van der Waals surface area contributed by atoms with Crippen molar-refractivity contribution in [1.82, 2.24) is 0 Å². The van der Waals surface area contributed by atoms with Crippen LogP contribution in [0, 0.1) is 0 Å².